The molecule has 19 heavy (non-hydrogen) atoms. The van der Waals surface area contributed by atoms with Crippen molar-refractivity contribution in [2.45, 2.75) is 58.0 Å². The van der Waals surface area contributed by atoms with Gasteiger partial charge in [-0.3, -0.25) is 0 Å². The molecule has 0 aliphatic heterocycles. The van der Waals surface area contributed by atoms with E-state index in [2.05, 4.69) is 28.0 Å². The molecule has 1 saturated carbocycles. The SMILES string of the molecule is CCC1CCC(Nc2nccn2CCCOC)CC1. The van der Waals surface area contributed by atoms with Gasteiger partial charge < -0.3 is 14.6 Å². The number of anilines is 1. The number of rotatable bonds is 7. The van der Waals surface area contributed by atoms with E-state index < -0.39 is 0 Å². The predicted octanol–water partition coefficient (Wildman–Crippen LogP) is 3.30. The Bertz CT molecular complexity index is 356. The zero-order valence-corrected chi connectivity index (χ0v) is 12.3. The summed E-state index contributed by atoms with van der Waals surface area (Å²) in [5.41, 5.74) is 0. The molecule has 0 bridgehead atoms. The second kappa shape index (κ2) is 7.53. The third-order valence-corrected chi connectivity index (χ3v) is 4.22. The van der Waals surface area contributed by atoms with Crippen LogP contribution >= 0.6 is 0 Å². The van der Waals surface area contributed by atoms with Crippen molar-refractivity contribution in [3.05, 3.63) is 12.4 Å². The van der Waals surface area contributed by atoms with Gasteiger partial charge in [0.15, 0.2) is 0 Å². The van der Waals surface area contributed by atoms with E-state index in [1.807, 2.05) is 6.20 Å². The van der Waals surface area contributed by atoms with E-state index in [0.29, 0.717) is 6.04 Å². The first-order valence-electron chi connectivity index (χ1n) is 7.60. The van der Waals surface area contributed by atoms with Gasteiger partial charge in [0.25, 0.3) is 0 Å². The summed E-state index contributed by atoms with van der Waals surface area (Å²) in [5, 5.41) is 3.61. The van der Waals surface area contributed by atoms with Gasteiger partial charge in [0.1, 0.15) is 0 Å². The van der Waals surface area contributed by atoms with Gasteiger partial charge in [0.2, 0.25) is 5.95 Å². The minimum absolute atomic E-state index is 0.603. The maximum absolute atomic E-state index is 5.10. The Labute approximate surface area is 116 Å². The Morgan fingerprint density at radius 2 is 2.16 bits per heavy atom. The topological polar surface area (TPSA) is 39.1 Å². The van der Waals surface area contributed by atoms with Gasteiger partial charge in [0.05, 0.1) is 0 Å². The first kappa shape index (κ1) is 14.4. The standard InChI is InChI=1S/C15H27N3O/c1-3-13-5-7-14(8-6-13)17-15-16-9-11-18(15)10-4-12-19-2/h9,11,13-14H,3-8,10,12H2,1-2H3,(H,16,17). The third kappa shape index (κ3) is 4.23. The Morgan fingerprint density at radius 3 is 2.84 bits per heavy atom. The molecule has 0 aromatic carbocycles. The highest BCUT2D eigenvalue weighted by atomic mass is 16.5. The summed E-state index contributed by atoms with van der Waals surface area (Å²) in [6, 6.07) is 0.603. The van der Waals surface area contributed by atoms with Gasteiger partial charge in [-0.15, -0.1) is 0 Å². The molecule has 4 nitrogen and oxygen atoms in total. The lowest BCUT2D eigenvalue weighted by Gasteiger charge is -2.28. The largest absolute Gasteiger partial charge is 0.385 e. The fourth-order valence-corrected chi connectivity index (χ4v) is 2.91. The normalized spacial score (nSPS) is 23.5. The molecule has 108 valence electrons. The summed E-state index contributed by atoms with van der Waals surface area (Å²) in [6.45, 7) is 4.08. The number of ether oxygens (including phenoxy) is 1. The summed E-state index contributed by atoms with van der Waals surface area (Å²) >= 11 is 0. The van der Waals surface area contributed by atoms with Crippen LogP contribution in [-0.2, 0) is 11.3 Å². The van der Waals surface area contributed by atoms with E-state index in [-0.39, 0.29) is 0 Å². The van der Waals surface area contributed by atoms with Crippen molar-refractivity contribution in [1.29, 1.82) is 0 Å². The Kier molecular flexibility index (Phi) is 5.70. The number of nitrogens with zero attached hydrogens (tertiary/aromatic N) is 2. The second-order valence-electron chi connectivity index (χ2n) is 5.56. The minimum Gasteiger partial charge on any atom is -0.385 e. The summed E-state index contributed by atoms with van der Waals surface area (Å²) < 4.78 is 7.30. The average Bonchev–Trinajstić information content (AvgIpc) is 2.87. The molecule has 0 radical (unpaired) electrons. The second-order valence-corrected chi connectivity index (χ2v) is 5.56. The van der Waals surface area contributed by atoms with Crippen LogP contribution in [0.2, 0.25) is 0 Å². The van der Waals surface area contributed by atoms with Crippen molar-refractivity contribution in [1.82, 2.24) is 9.55 Å². The zero-order chi connectivity index (χ0) is 13.5. The van der Waals surface area contributed by atoms with E-state index in [1.165, 1.54) is 32.1 Å². The monoisotopic (exact) mass is 265 g/mol. The van der Waals surface area contributed by atoms with Crippen LogP contribution in [0.3, 0.4) is 0 Å². The molecule has 1 aromatic rings. The van der Waals surface area contributed by atoms with Gasteiger partial charge in [-0.25, -0.2) is 4.98 Å². The highest BCUT2D eigenvalue weighted by molar-refractivity contribution is 5.27. The summed E-state index contributed by atoms with van der Waals surface area (Å²) in [6.07, 6.45) is 11.6. The molecular weight excluding hydrogens is 238 g/mol. The van der Waals surface area contributed by atoms with E-state index in [1.54, 1.807) is 7.11 Å². The van der Waals surface area contributed by atoms with E-state index in [4.69, 9.17) is 4.74 Å². The summed E-state index contributed by atoms with van der Waals surface area (Å²) in [7, 11) is 1.75. The van der Waals surface area contributed by atoms with Gasteiger partial charge in [-0.1, -0.05) is 13.3 Å². The molecule has 0 spiro atoms. The molecule has 1 fully saturated rings. The van der Waals surface area contributed by atoms with Crippen LogP contribution in [0.15, 0.2) is 12.4 Å². The third-order valence-electron chi connectivity index (χ3n) is 4.22. The van der Waals surface area contributed by atoms with Gasteiger partial charge in [-0.05, 0) is 38.0 Å². The molecule has 2 rings (SSSR count). The average molecular weight is 265 g/mol. The van der Waals surface area contributed by atoms with E-state index >= 15 is 0 Å². The maximum atomic E-state index is 5.10. The lowest BCUT2D eigenvalue weighted by molar-refractivity contribution is 0.190. The van der Waals surface area contributed by atoms with Crippen molar-refractivity contribution in [2.24, 2.45) is 5.92 Å². The van der Waals surface area contributed by atoms with Crippen LogP contribution in [0, 0.1) is 5.92 Å². The first-order valence-corrected chi connectivity index (χ1v) is 7.60. The highest BCUT2D eigenvalue weighted by Gasteiger charge is 2.20. The van der Waals surface area contributed by atoms with Crippen LogP contribution in [0.4, 0.5) is 5.95 Å². The summed E-state index contributed by atoms with van der Waals surface area (Å²) in [4.78, 5) is 4.44. The molecule has 1 aliphatic rings. The number of aromatic nitrogens is 2. The minimum atomic E-state index is 0.603. The first-order chi connectivity index (χ1) is 9.33. The van der Waals surface area contributed by atoms with Crippen molar-refractivity contribution in [3.63, 3.8) is 0 Å². The molecule has 1 aromatic heterocycles. The molecule has 1 N–H and O–H groups in total. The number of aryl methyl sites for hydroxylation is 1. The molecule has 0 atom stereocenters. The fraction of sp³-hybridized carbons (Fsp3) is 0.800. The lowest BCUT2D eigenvalue weighted by atomic mass is 9.85. The molecule has 0 saturated heterocycles. The van der Waals surface area contributed by atoms with Crippen molar-refractivity contribution >= 4 is 5.95 Å². The molecule has 1 aliphatic carbocycles. The van der Waals surface area contributed by atoms with E-state index in [9.17, 15) is 0 Å². The van der Waals surface area contributed by atoms with Crippen LogP contribution in [0.1, 0.15) is 45.4 Å². The number of hydrogen-bond donors (Lipinski definition) is 1. The van der Waals surface area contributed by atoms with Gasteiger partial charge in [-0.2, -0.15) is 0 Å². The molecular formula is C15H27N3O. The molecule has 0 amide bonds. The van der Waals surface area contributed by atoms with Crippen LogP contribution < -0.4 is 5.32 Å². The maximum Gasteiger partial charge on any atom is 0.202 e. The lowest BCUT2D eigenvalue weighted by Crippen LogP contribution is -2.27. The molecule has 0 unspecified atom stereocenters. The number of nitrogens with one attached hydrogen (secondary N) is 1. The number of imidazole rings is 1. The van der Waals surface area contributed by atoms with Crippen LogP contribution in [-0.4, -0.2) is 29.3 Å². The predicted molar refractivity (Wildman–Crippen MR) is 78.4 cm³/mol. The number of methoxy groups -OCH3 is 1. The smallest absolute Gasteiger partial charge is 0.202 e. The quantitative estimate of drug-likeness (QED) is 0.769. The van der Waals surface area contributed by atoms with Gasteiger partial charge in [0, 0.05) is 38.7 Å². The Hall–Kier alpha value is -1.03. The Balaban J connectivity index is 1.81. The van der Waals surface area contributed by atoms with Crippen LogP contribution in [0.5, 0.6) is 0 Å². The number of hydrogen-bond acceptors (Lipinski definition) is 3. The molecule has 4 heteroatoms. The van der Waals surface area contributed by atoms with Crippen molar-refractivity contribution in [2.75, 3.05) is 19.0 Å². The Morgan fingerprint density at radius 1 is 1.37 bits per heavy atom. The van der Waals surface area contributed by atoms with Gasteiger partial charge >= 0.3 is 0 Å². The zero-order valence-electron chi connectivity index (χ0n) is 12.3. The van der Waals surface area contributed by atoms with Crippen molar-refractivity contribution in [3.8, 4) is 0 Å². The van der Waals surface area contributed by atoms with Crippen LogP contribution in [0.25, 0.3) is 0 Å². The van der Waals surface area contributed by atoms with E-state index in [0.717, 1.165) is 31.4 Å². The van der Waals surface area contributed by atoms with Crippen molar-refractivity contribution < 1.29 is 4.74 Å². The highest BCUT2D eigenvalue weighted by Crippen LogP contribution is 2.28. The summed E-state index contributed by atoms with van der Waals surface area (Å²) in [5.74, 6) is 1.97. The molecule has 1 heterocycles. The fourth-order valence-electron chi connectivity index (χ4n) is 2.91.